The van der Waals surface area contributed by atoms with E-state index in [2.05, 4.69) is 9.80 Å². The molecule has 1 aliphatic heterocycles. The van der Waals surface area contributed by atoms with Gasteiger partial charge in [0.05, 0.1) is 12.5 Å². The Bertz CT molecular complexity index is 681. The first-order chi connectivity index (χ1) is 12.5. The van der Waals surface area contributed by atoms with Crippen molar-refractivity contribution >= 4 is 5.97 Å². The second-order valence-corrected chi connectivity index (χ2v) is 6.53. The molecule has 1 saturated heterocycles. The fraction of sp³-hybridized carbons (Fsp3) is 0.350. The van der Waals surface area contributed by atoms with E-state index in [4.69, 9.17) is 5.11 Å². The molecule has 0 atom stereocenters. The van der Waals surface area contributed by atoms with E-state index in [9.17, 15) is 13.6 Å². The van der Waals surface area contributed by atoms with Gasteiger partial charge in [-0.15, -0.1) is 0 Å². The largest absolute Gasteiger partial charge is 0.481 e. The van der Waals surface area contributed by atoms with Gasteiger partial charge >= 0.3 is 5.97 Å². The van der Waals surface area contributed by atoms with Crippen LogP contribution in [0.2, 0.25) is 0 Å². The summed E-state index contributed by atoms with van der Waals surface area (Å²) in [6.07, 6.45) is 0.138. The van der Waals surface area contributed by atoms with Crippen molar-refractivity contribution in [3.8, 4) is 0 Å². The Balaban J connectivity index is 1.77. The smallest absolute Gasteiger partial charge is 0.304 e. The number of nitrogens with zero attached hydrogens (tertiary/aromatic N) is 2. The van der Waals surface area contributed by atoms with E-state index >= 15 is 0 Å². The summed E-state index contributed by atoms with van der Waals surface area (Å²) in [4.78, 5) is 15.2. The molecule has 0 saturated carbocycles. The fourth-order valence-electron chi connectivity index (χ4n) is 3.40. The maximum Gasteiger partial charge on any atom is 0.304 e. The summed E-state index contributed by atoms with van der Waals surface area (Å²) in [6, 6.07) is 12.7. The van der Waals surface area contributed by atoms with Crippen molar-refractivity contribution in [1.82, 2.24) is 9.80 Å². The molecule has 138 valence electrons. The number of rotatable bonds is 6. The summed E-state index contributed by atoms with van der Waals surface area (Å²) >= 11 is 0. The number of hydrogen-bond acceptors (Lipinski definition) is 3. The summed E-state index contributed by atoms with van der Waals surface area (Å²) in [5.41, 5.74) is 1.91. The molecule has 4 nitrogen and oxygen atoms in total. The molecule has 1 heterocycles. The number of piperazine rings is 1. The predicted octanol–water partition coefficient (Wildman–Crippen LogP) is 3.15. The van der Waals surface area contributed by atoms with Gasteiger partial charge in [0, 0.05) is 32.7 Å². The molecule has 6 heteroatoms. The maximum atomic E-state index is 13.3. The average Bonchev–Trinajstić information content (AvgIpc) is 2.64. The average molecular weight is 360 g/mol. The highest BCUT2D eigenvalue weighted by molar-refractivity contribution is 5.66. The van der Waals surface area contributed by atoms with Crippen LogP contribution < -0.4 is 0 Å². The molecule has 1 fully saturated rings. The SMILES string of the molecule is O=C(O)CCN1CCN(C(c2ccc(F)cc2)c2ccc(F)cc2)CC1. The highest BCUT2D eigenvalue weighted by Crippen LogP contribution is 2.30. The first kappa shape index (κ1) is 18.5. The molecular weight excluding hydrogens is 338 g/mol. The summed E-state index contributed by atoms with van der Waals surface area (Å²) in [5, 5.41) is 8.83. The van der Waals surface area contributed by atoms with E-state index in [1.165, 1.54) is 24.3 Å². The normalized spacial score (nSPS) is 16.1. The van der Waals surface area contributed by atoms with Gasteiger partial charge in [-0.1, -0.05) is 24.3 Å². The number of halogens is 2. The highest BCUT2D eigenvalue weighted by Gasteiger charge is 2.26. The minimum Gasteiger partial charge on any atom is -0.481 e. The third-order valence-electron chi connectivity index (χ3n) is 4.79. The van der Waals surface area contributed by atoms with Crippen molar-refractivity contribution in [2.75, 3.05) is 32.7 Å². The predicted molar refractivity (Wildman–Crippen MR) is 94.9 cm³/mol. The Morgan fingerprint density at radius 1 is 0.885 bits per heavy atom. The molecule has 2 aromatic rings. The first-order valence-corrected chi connectivity index (χ1v) is 8.72. The van der Waals surface area contributed by atoms with Gasteiger partial charge in [-0.25, -0.2) is 8.78 Å². The summed E-state index contributed by atoms with van der Waals surface area (Å²) in [7, 11) is 0. The van der Waals surface area contributed by atoms with E-state index in [1.807, 2.05) is 0 Å². The number of aliphatic carboxylic acids is 1. The van der Waals surface area contributed by atoms with Gasteiger partial charge in [-0.3, -0.25) is 9.69 Å². The molecule has 0 aromatic heterocycles. The van der Waals surface area contributed by atoms with Crippen LogP contribution in [0.3, 0.4) is 0 Å². The Labute approximate surface area is 151 Å². The highest BCUT2D eigenvalue weighted by atomic mass is 19.1. The summed E-state index contributed by atoms with van der Waals surface area (Å²) in [5.74, 6) is -1.36. The number of carbonyl (C=O) groups is 1. The van der Waals surface area contributed by atoms with Crippen LogP contribution in [0.25, 0.3) is 0 Å². The topological polar surface area (TPSA) is 43.8 Å². The number of benzene rings is 2. The summed E-state index contributed by atoms with van der Waals surface area (Å²) in [6.45, 7) is 3.61. The van der Waals surface area contributed by atoms with E-state index < -0.39 is 5.97 Å². The second-order valence-electron chi connectivity index (χ2n) is 6.53. The molecule has 3 rings (SSSR count). The zero-order valence-corrected chi connectivity index (χ0v) is 14.4. The Kier molecular flexibility index (Phi) is 5.96. The van der Waals surface area contributed by atoms with Crippen LogP contribution in [0, 0.1) is 11.6 Å². The van der Waals surface area contributed by atoms with Crippen molar-refractivity contribution in [1.29, 1.82) is 0 Å². The monoisotopic (exact) mass is 360 g/mol. The van der Waals surface area contributed by atoms with Crippen molar-refractivity contribution in [3.63, 3.8) is 0 Å². The van der Waals surface area contributed by atoms with Crippen LogP contribution in [0.15, 0.2) is 48.5 Å². The van der Waals surface area contributed by atoms with Crippen LogP contribution in [0.1, 0.15) is 23.6 Å². The minimum absolute atomic E-state index is 0.0853. The number of hydrogen-bond donors (Lipinski definition) is 1. The number of carboxylic acid groups (broad SMARTS) is 1. The van der Waals surface area contributed by atoms with Gasteiger partial charge in [0.2, 0.25) is 0 Å². The lowest BCUT2D eigenvalue weighted by molar-refractivity contribution is -0.137. The Hall–Kier alpha value is -2.31. The number of carboxylic acids is 1. The second kappa shape index (κ2) is 8.38. The van der Waals surface area contributed by atoms with Crippen molar-refractivity contribution in [2.45, 2.75) is 12.5 Å². The van der Waals surface area contributed by atoms with Gasteiger partial charge in [0.1, 0.15) is 11.6 Å². The molecule has 1 N–H and O–H groups in total. The lowest BCUT2D eigenvalue weighted by Gasteiger charge is -2.39. The maximum absolute atomic E-state index is 13.3. The van der Waals surface area contributed by atoms with E-state index in [0.717, 1.165) is 37.3 Å². The van der Waals surface area contributed by atoms with Crippen LogP contribution in [0.4, 0.5) is 8.78 Å². The van der Waals surface area contributed by atoms with Crippen LogP contribution in [0.5, 0.6) is 0 Å². The van der Waals surface area contributed by atoms with Gasteiger partial charge in [-0.2, -0.15) is 0 Å². The Morgan fingerprint density at radius 2 is 1.35 bits per heavy atom. The lowest BCUT2D eigenvalue weighted by Crippen LogP contribution is -2.48. The van der Waals surface area contributed by atoms with E-state index in [0.29, 0.717) is 6.54 Å². The fourth-order valence-corrected chi connectivity index (χ4v) is 3.40. The van der Waals surface area contributed by atoms with Crippen molar-refractivity contribution in [3.05, 3.63) is 71.3 Å². The zero-order valence-electron chi connectivity index (χ0n) is 14.4. The molecule has 0 unspecified atom stereocenters. The van der Waals surface area contributed by atoms with Crippen LogP contribution in [-0.4, -0.2) is 53.6 Å². The zero-order chi connectivity index (χ0) is 18.5. The van der Waals surface area contributed by atoms with E-state index in [-0.39, 0.29) is 24.1 Å². The lowest BCUT2D eigenvalue weighted by atomic mass is 9.96. The summed E-state index contributed by atoms with van der Waals surface area (Å²) < 4.78 is 26.7. The molecule has 0 radical (unpaired) electrons. The van der Waals surface area contributed by atoms with Gasteiger partial charge in [-0.05, 0) is 35.4 Å². The van der Waals surface area contributed by atoms with Gasteiger partial charge < -0.3 is 10.0 Å². The third kappa shape index (κ3) is 4.65. The molecule has 2 aromatic carbocycles. The third-order valence-corrected chi connectivity index (χ3v) is 4.79. The van der Waals surface area contributed by atoms with Gasteiger partial charge in [0.25, 0.3) is 0 Å². The molecular formula is C20H22F2N2O2. The molecule has 0 aliphatic carbocycles. The molecule has 26 heavy (non-hydrogen) atoms. The Morgan fingerprint density at radius 3 is 1.77 bits per heavy atom. The standard InChI is InChI=1S/C20H22F2N2O2/c21-17-5-1-15(2-6-17)20(16-3-7-18(22)8-4-16)24-13-11-23(12-14-24)10-9-19(25)26/h1-8,20H,9-14H2,(H,25,26). The van der Waals surface area contributed by atoms with Crippen LogP contribution >= 0.6 is 0 Å². The minimum atomic E-state index is -0.789. The molecule has 1 aliphatic rings. The van der Waals surface area contributed by atoms with Crippen LogP contribution in [-0.2, 0) is 4.79 Å². The van der Waals surface area contributed by atoms with E-state index in [1.54, 1.807) is 24.3 Å². The van der Waals surface area contributed by atoms with Gasteiger partial charge in [0.15, 0.2) is 0 Å². The van der Waals surface area contributed by atoms with Crippen molar-refractivity contribution in [2.24, 2.45) is 0 Å². The molecule has 0 spiro atoms. The molecule has 0 bridgehead atoms. The molecule has 0 amide bonds. The van der Waals surface area contributed by atoms with Crippen molar-refractivity contribution < 1.29 is 18.7 Å². The first-order valence-electron chi connectivity index (χ1n) is 8.72. The quantitative estimate of drug-likeness (QED) is 0.860.